The molecule has 2 heterocycles. The van der Waals surface area contributed by atoms with Crippen LogP contribution in [-0.2, 0) is 0 Å². The summed E-state index contributed by atoms with van der Waals surface area (Å²) >= 11 is 1.40. The van der Waals surface area contributed by atoms with E-state index < -0.39 is 0 Å². The fourth-order valence-electron chi connectivity index (χ4n) is 2.13. The van der Waals surface area contributed by atoms with Crippen LogP contribution in [0, 0.1) is 0 Å². The van der Waals surface area contributed by atoms with E-state index in [0.29, 0.717) is 38.4 Å². The molecule has 116 valence electrons. The monoisotopic (exact) mass is 311 g/mol. The van der Waals surface area contributed by atoms with E-state index in [-0.39, 0.29) is 18.0 Å². The number of carbonyl (C=O) groups is 2. The first-order valence-electron chi connectivity index (χ1n) is 7.06. The van der Waals surface area contributed by atoms with Crippen molar-refractivity contribution in [3.05, 3.63) is 16.1 Å². The molecule has 7 nitrogen and oxygen atoms in total. The van der Waals surface area contributed by atoms with Crippen LogP contribution in [-0.4, -0.2) is 59.4 Å². The Hall–Kier alpha value is -1.67. The van der Waals surface area contributed by atoms with Crippen LogP contribution in [0.1, 0.15) is 35.4 Å². The van der Waals surface area contributed by atoms with E-state index in [9.17, 15) is 9.59 Å². The van der Waals surface area contributed by atoms with Crippen LogP contribution in [0.3, 0.4) is 0 Å². The van der Waals surface area contributed by atoms with Crippen LogP contribution < -0.4 is 11.1 Å². The van der Waals surface area contributed by atoms with Crippen molar-refractivity contribution in [3.8, 4) is 0 Å². The average Bonchev–Trinajstić information content (AvgIpc) is 2.97. The van der Waals surface area contributed by atoms with Crippen molar-refractivity contribution in [1.29, 1.82) is 0 Å². The van der Waals surface area contributed by atoms with Gasteiger partial charge in [-0.3, -0.25) is 4.79 Å². The van der Waals surface area contributed by atoms with Crippen LogP contribution >= 0.6 is 11.3 Å². The first-order valence-corrected chi connectivity index (χ1v) is 7.94. The second-order valence-electron chi connectivity index (χ2n) is 4.97. The maximum absolute atomic E-state index is 12.3. The van der Waals surface area contributed by atoms with Crippen molar-refractivity contribution >= 4 is 23.3 Å². The minimum Gasteiger partial charge on any atom is -0.338 e. The molecule has 1 saturated heterocycles. The Balaban J connectivity index is 1.92. The fourth-order valence-corrected chi connectivity index (χ4v) is 2.88. The lowest BCUT2D eigenvalue weighted by molar-refractivity contribution is 0.0660. The molecule has 21 heavy (non-hydrogen) atoms. The van der Waals surface area contributed by atoms with Crippen molar-refractivity contribution in [2.45, 2.75) is 19.9 Å². The number of amides is 3. The molecule has 1 aromatic rings. The summed E-state index contributed by atoms with van der Waals surface area (Å²) in [5, 5.41) is 5.28. The van der Waals surface area contributed by atoms with Crippen molar-refractivity contribution in [2.24, 2.45) is 5.73 Å². The number of hydrogen-bond donors (Lipinski definition) is 2. The minimum absolute atomic E-state index is 0.0718. The standard InChI is InChI=1S/C13H21N5O2S/c1-3-15-13(20)18-6-4-17(5-7-18)12(19)10-8-21-11(16-10)9(2)14/h8-9H,3-7,14H2,1-2H3,(H,15,20). The molecule has 0 bridgehead atoms. The summed E-state index contributed by atoms with van der Waals surface area (Å²) in [7, 11) is 0. The largest absolute Gasteiger partial charge is 0.338 e. The minimum atomic E-state index is -0.161. The number of urea groups is 1. The number of nitrogens with zero attached hydrogens (tertiary/aromatic N) is 3. The zero-order valence-electron chi connectivity index (χ0n) is 12.3. The van der Waals surface area contributed by atoms with Gasteiger partial charge < -0.3 is 20.9 Å². The van der Waals surface area contributed by atoms with E-state index in [1.807, 2.05) is 13.8 Å². The number of nitrogens with two attached hydrogens (primary N) is 1. The van der Waals surface area contributed by atoms with Gasteiger partial charge >= 0.3 is 6.03 Å². The van der Waals surface area contributed by atoms with E-state index in [4.69, 9.17) is 5.73 Å². The van der Waals surface area contributed by atoms with Gasteiger partial charge in [-0.2, -0.15) is 0 Å². The highest BCUT2D eigenvalue weighted by Gasteiger charge is 2.26. The van der Waals surface area contributed by atoms with Gasteiger partial charge in [0, 0.05) is 38.1 Å². The molecule has 1 atom stereocenters. The van der Waals surface area contributed by atoms with Gasteiger partial charge in [-0.1, -0.05) is 0 Å². The van der Waals surface area contributed by atoms with Gasteiger partial charge in [-0.15, -0.1) is 11.3 Å². The van der Waals surface area contributed by atoms with Gasteiger partial charge in [0.2, 0.25) is 0 Å². The van der Waals surface area contributed by atoms with Crippen molar-refractivity contribution in [2.75, 3.05) is 32.7 Å². The zero-order chi connectivity index (χ0) is 15.4. The lowest BCUT2D eigenvalue weighted by Crippen LogP contribution is -2.53. The number of carbonyl (C=O) groups excluding carboxylic acids is 2. The van der Waals surface area contributed by atoms with Crippen LogP contribution in [0.5, 0.6) is 0 Å². The summed E-state index contributed by atoms with van der Waals surface area (Å²) in [5.74, 6) is -0.0892. The SMILES string of the molecule is CCNC(=O)N1CCN(C(=O)c2csc(C(C)N)n2)CC1. The quantitative estimate of drug-likeness (QED) is 0.857. The number of aromatic nitrogens is 1. The highest BCUT2D eigenvalue weighted by Crippen LogP contribution is 2.17. The van der Waals surface area contributed by atoms with Gasteiger partial charge in [0.05, 0.1) is 6.04 Å². The molecular formula is C13H21N5O2S. The Morgan fingerprint density at radius 1 is 1.38 bits per heavy atom. The average molecular weight is 311 g/mol. The normalized spacial score (nSPS) is 16.7. The lowest BCUT2D eigenvalue weighted by Gasteiger charge is -2.34. The van der Waals surface area contributed by atoms with Crippen LogP contribution in [0.2, 0.25) is 0 Å². The molecule has 1 aliphatic rings. The second kappa shape index (κ2) is 6.86. The predicted octanol–water partition coefficient (Wildman–Crippen LogP) is 0.650. The molecule has 0 aliphatic carbocycles. The van der Waals surface area contributed by atoms with Gasteiger partial charge in [0.1, 0.15) is 10.7 Å². The Morgan fingerprint density at radius 2 is 2.00 bits per heavy atom. The van der Waals surface area contributed by atoms with E-state index in [1.54, 1.807) is 15.2 Å². The third-order valence-corrected chi connectivity index (χ3v) is 4.36. The molecular weight excluding hydrogens is 290 g/mol. The molecule has 2 rings (SSSR count). The molecule has 0 spiro atoms. The molecule has 3 N–H and O–H groups in total. The Labute approximate surface area is 128 Å². The topological polar surface area (TPSA) is 91.6 Å². The highest BCUT2D eigenvalue weighted by atomic mass is 32.1. The van der Waals surface area contributed by atoms with Gasteiger partial charge in [0.15, 0.2) is 0 Å². The maximum Gasteiger partial charge on any atom is 0.317 e. The van der Waals surface area contributed by atoms with E-state index in [2.05, 4.69) is 10.3 Å². The fraction of sp³-hybridized carbons (Fsp3) is 0.615. The Kier molecular flexibility index (Phi) is 5.13. The molecule has 1 aromatic heterocycles. The lowest BCUT2D eigenvalue weighted by atomic mass is 10.3. The van der Waals surface area contributed by atoms with E-state index in [1.165, 1.54) is 11.3 Å². The molecule has 3 amide bonds. The van der Waals surface area contributed by atoms with Gasteiger partial charge in [-0.05, 0) is 13.8 Å². The molecule has 0 aromatic carbocycles. The number of thiazole rings is 1. The summed E-state index contributed by atoms with van der Waals surface area (Å²) in [4.78, 5) is 31.8. The number of nitrogens with one attached hydrogen (secondary N) is 1. The van der Waals surface area contributed by atoms with Crippen molar-refractivity contribution < 1.29 is 9.59 Å². The molecule has 0 saturated carbocycles. The van der Waals surface area contributed by atoms with Crippen LogP contribution in [0.25, 0.3) is 0 Å². The first-order chi connectivity index (χ1) is 10.0. The number of rotatable bonds is 3. The zero-order valence-corrected chi connectivity index (χ0v) is 13.2. The molecule has 1 aliphatic heterocycles. The summed E-state index contributed by atoms with van der Waals surface area (Å²) < 4.78 is 0. The summed E-state index contributed by atoms with van der Waals surface area (Å²) in [6.07, 6.45) is 0. The smallest absolute Gasteiger partial charge is 0.317 e. The summed E-state index contributed by atoms with van der Waals surface area (Å²) in [6, 6.07) is -0.233. The predicted molar refractivity (Wildman–Crippen MR) is 81.3 cm³/mol. The molecule has 1 fully saturated rings. The Morgan fingerprint density at radius 3 is 2.52 bits per heavy atom. The number of piperazine rings is 1. The van der Waals surface area contributed by atoms with Gasteiger partial charge in [0.25, 0.3) is 5.91 Å². The highest BCUT2D eigenvalue weighted by molar-refractivity contribution is 7.09. The van der Waals surface area contributed by atoms with Crippen molar-refractivity contribution in [1.82, 2.24) is 20.1 Å². The number of hydrogen-bond acceptors (Lipinski definition) is 5. The Bertz CT molecular complexity index is 508. The maximum atomic E-state index is 12.3. The molecule has 1 unspecified atom stereocenters. The van der Waals surface area contributed by atoms with E-state index in [0.717, 1.165) is 5.01 Å². The van der Waals surface area contributed by atoms with E-state index >= 15 is 0 Å². The molecule has 8 heteroatoms. The van der Waals surface area contributed by atoms with Gasteiger partial charge in [-0.25, -0.2) is 9.78 Å². The first kappa shape index (κ1) is 15.7. The summed E-state index contributed by atoms with van der Waals surface area (Å²) in [5.41, 5.74) is 6.20. The summed E-state index contributed by atoms with van der Waals surface area (Å²) in [6.45, 7) is 6.48. The molecule has 0 radical (unpaired) electrons. The third kappa shape index (κ3) is 3.70. The van der Waals surface area contributed by atoms with Crippen molar-refractivity contribution in [3.63, 3.8) is 0 Å². The third-order valence-electron chi connectivity index (χ3n) is 3.31. The van der Waals surface area contributed by atoms with Crippen LogP contribution in [0.4, 0.5) is 4.79 Å². The second-order valence-corrected chi connectivity index (χ2v) is 5.86. The van der Waals surface area contributed by atoms with Crippen LogP contribution in [0.15, 0.2) is 5.38 Å².